The largest absolute Gasteiger partial charge is 0.497 e. The van der Waals surface area contributed by atoms with Crippen molar-refractivity contribution in [3.8, 4) is 62.8 Å². The molecule has 4 aromatic carbocycles. The quantitative estimate of drug-likeness (QED) is 0.0195. The summed E-state index contributed by atoms with van der Waals surface area (Å²) in [5.41, 5.74) is 14.7. The molecule has 38 nitrogen and oxygen atoms in total. The van der Waals surface area contributed by atoms with Crippen LogP contribution in [0.2, 0.25) is 0 Å². The molecule has 20 rings (SSSR count). The highest BCUT2D eigenvalue weighted by Crippen LogP contribution is 2.33. The number of likely N-dealkylation sites (N-methyl/N-ethyl adjacent to an activating group) is 1. The number of hydrogen-bond acceptors (Lipinski definition) is 29. The molecule has 12 aromatic heterocycles. The van der Waals surface area contributed by atoms with Crippen LogP contribution in [0.4, 0.5) is 46.5 Å². The Bertz CT molecular complexity index is 7050. The molecule has 4 saturated heterocycles. The van der Waals surface area contributed by atoms with Gasteiger partial charge in [-0.15, -0.1) is 0 Å². The molecule has 16 heterocycles. The average molecular weight is 1920 g/mol. The maximum absolute atomic E-state index is 13.2. The Morgan fingerprint density at radius 1 is 0.415 bits per heavy atom. The minimum atomic E-state index is -0.318. The zero-order chi connectivity index (χ0) is 98.4. The molecule has 730 valence electrons. The van der Waals surface area contributed by atoms with Crippen LogP contribution in [0.3, 0.4) is 0 Å². The Kier molecular flexibility index (Phi) is 31.8. The molecule has 0 unspecified atom stereocenters. The third kappa shape index (κ3) is 25.6. The van der Waals surface area contributed by atoms with Crippen molar-refractivity contribution in [2.45, 2.75) is 52.2 Å². The fourth-order valence-electron chi connectivity index (χ4n) is 16.3. The molecule has 0 bridgehead atoms. The van der Waals surface area contributed by atoms with Gasteiger partial charge < -0.3 is 100 Å². The molecule has 142 heavy (non-hydrogen) atoms. The van der Waals surface area contributed by atoms with Crippen molar-refractivity contribution < 1.29 is 47.7 Å². The van der Waals surface area contributed by atoms with Crippen LogP contribution in [0.5, 0.6) is 17.2 Å². The zero-order valence-electron chi connectivity index (χ0n) is 80.4. The van der Waals surface area contributed by atoms with Crippen LogP contribution < -0.4 is 46.1 Å². The number of piperazine rings is 2. The van der Waals surface area contributed by atoms with Gasteiger partial charge in [0.1, 0.15) is 46.1 Å². The first kappa shape index (κ1) is 97.4. The van der Waals surface area contributed by atoms with Crippen LogP contribution in [0.1, 0.15) is 82.0 Å². The number of rotatable bonds is 29. The lowest BCUT2D eigenvalue weighted by Gasteiger charge is -2.35. The topological polar surface area (TPSA) is 441 Å². The van der Waals surface area contributed by atoms with Gasteiger partial charge in [-0.05, 0) is 211 Å². The summed E-state index contributed by atoms with van der Waals surface area (Å²) >= 11 is 0. The summed E-state index contributed by atoms with van der Waals surface area (Å²) in [6.07, 6.45) is 16.0. The number of methoxy groups -OCH3 is 2. The Hall–Kier alpha value is -16.3. The van der Waals surface area contributed by atoms with Crippen molar-refractivity contribution in [1.82, 2.24) is 120 Å². The molecule has 5 amide bonds. The molecule has 4 fully saturated rings. The lowest BCUT2D eigenvalue weighted by molar-refractivity contribution is -0.142. The first-order valence-corrected chi connectivity index (χ1v) is 47.3. The normalized spacial score (nSPS) is 14.6. The maximum Gasteiger partial charge on any atom is 0.270 e. The van der Waals surface area contributed by atoms with E-state index in [1.807, 2.05) is 176 Å². The van der Waals surface area contributed by atoms with E-state index < -0.39 is 0 Å². The summed E-state index contributed by atoms with van der Waals surface area (Å²) in [6.45, 7) is 18.6. The van der Waals surface area contributed by atoms with E-state index in [-0.39, 0.29) is 41.7 Å². The van der Waals surface area contributed by atoms with Gasteiger partial charge in [0.05, 0.1) is 79.1 Å². The van der Waals surface area contributed by atoms with Crippen LogP contribution in [0.25, 0.3) is 89.2 Å². The van der Waals surface area contributed by atoms with E-state index in [1.165, 1.54) is 0 Å². The van der Waals surface area contributed by atoms with E-state index in [0.29, 0.717) is 144 Å². The molecular weight excluding hydrogens is 1800 g/mol. The molecular formula is C104H114N28O10. The molecule has 10 N–H and O–H groups in total. The summed E-state index contributed by atoms with van der Waals surface area (Å²) in [5.74, 6) is 4.20. The van der Waals surface area contributed by atoms with E-state index in [9.17, 15) is 24.0 Å². The van der Waals surface area contributed by atoms with Crippen molar-refractivity contribution in [2.24, 2.45) is 5.92 Å². The minimum Gasteiger partial charge on any atom is -0.497 e. The molecule has 4 aliphatic rings. The number of morpholine rings is 1. The Labute approximate surface area is 820 Å². The molecule has 0 aliphatic carbocycles. The van der Waals surface area contributed by atoms with Gasteiger partial charge in [0.2, 0.25) is 23.8 Å². The molecule has 0 saturated carbocycles. The van der Waals surface area contributed by atoms with Crippen molar-refractivity contribution in [2.75, 3.05) is 168 Å². The summed E-state index contributed by atoms with van der Waals surface area (Å²) in [5, 5.41) is 22.6. The highest BCUT2D eigenvalue weighted by Gasteiger charge is 2.33. The fraction of sp³-hybridized carbons (Fsp3) is 0.298. The third-order valence-electron chi connectivity index (χ3n) is 24.5. The number of H-pyrrole nitrogens is 4. The Balaban J connectivity index is 0.000000130. The summed E-state index contributed by atoms with van der Waals surface area (Å²) < 4.78 is 27.5. The number of hydrogen-bond donors (Lipinski definition) is 10. The second kappa shape index (κ2) is 46.4. The van der Waals surface area contributed by atoms with E-state index in [2.05, 4.69) is 154 Å². The molecule has 4 aliphatic heterocycles. The minimum absolute atomic E-state index is 0.0383. The molecule has 0 spiro atoms. The number of anilines is 8. The first-order chi connectivity index (χ1) is 69.2. The second-order valence-corrected chi connectivity index (χ2v) is 35.2. The summed E-state index contributed by atoms with van der Waals surface area (Å²) in [4.78, 5) is 142. The van der Waals surface area contributed by atoms with Crippen molar-refractivity contribution in [1.29, 1.82) is 0 Å². The predicted molar refractivity (Wildman–Crippen MR) is 545 cm³/mol. The lowest BCUT2D eigenvalue weighted by Crippen LogP contribution is -2.52. The van der Waals surface area contributed by atoms with Crippen molar-refractivity contribution in [3.63, 3.8) is 0 Å². The standard InChI is InChI=1S/C28H33N7O2.C27H27N7O3.C25H27N7O3.C24H27N7O2/c1-18(2)19(3)37-22-7-9-29-25(17-22)24-8-10-30-28(33-24)31-21-5-6-23-20(15-21)16-26(32-23)27(36)35-13-11-34(4)12-14-35;35-25(33-11-13-34(14-12-33)26(36)24-5-3-15-37-24)23-17-18-16-19(6-7-20(18)31-23)30-27-29-10-8-22(32-27)21-4-1-2-9-28-21;1-34-19-4-6-26-22(16-19)21-5-7-28-25(31-21)29-18-2-3-20-17(14-18)15-23(30-20)24(33)27-8-9-32-10-12-35-13-11-32;1-31(2)12-4-9-26-23(32)22-14-16-13-17(5-6-19(16)29-22)28-24-27-11-8-20(30-24)21-15-18(33-3)7-10-25-21/h5-10,15-19,32H,11-14H2,1-4H3,(H,30,31,33);1-2,4,6-10,16-17,24,31H,3,5,11-15H2,(H,29,30,32);2-7,14-16,30H,8-13H2,1H3,(H,27,33)(H,28,29,31);5-8,10-11,13-15,29H,4,9,12H2,1-3H3,(H,26,32)(H,27,28,30)/t19-;24-;;/m01../s1. The van der Waals surface area contributed by atoms with E-state index in [4.69, 9.17) is 23.7 Å². The van der Waals surface area contributed by atoms with Gasteiger partial charge in [-0.2, -0.15) is 0 Å². The third-order valence-corrected chi connectivity index (χ3v) is 24.5. The molecule has 0 radical (unpaired) electrons. The highest BCUT2D eigenvalue weighted by molar-refractivity contribution is 6.02. The van der Waals surface area contributed by atoms with Gasteiger partial charge in [-0.3, -0.25) is 48.8 Å². The Morgan fingerprint density at radius 2 is 0.810 bits per heavy atom. The number of pyridine rings is 4. The second-order valence-electron chi connectivity index (χ2n) is 35.2. The van der Waals surface area contributed by atoms with Gasteiger partial charge >= 0.3 is 0 Å². The number of carbonyl (C=O) groups is 5. The maximum atomic E-state index is 13.2. The van der Waals surface area contributed by atoms with E-state index in [1.54, 1.807) is 93.0 Å². The van der Waals surface area contributed by atoms with Crippen LogP contribution >= 0.6 is 0 Å². The Morgan fingerprint density at radius 3 is 1.23 bits per heavy atom. The van der Waals surface area contributed by atoms with E-state index in [0.717, 1.165) is 168 Å². The average Bonchev–Trinajstić information content (AvgIpc) is 1.66. The van der Waals surface area contributed by atoms with Crippen LogP contribution in [0, 0.1) is 5.92 Å². The first-order valence-electron chi connectivity index (χ1n) is 47.3. The predicted octanol–water partition coefficient (Wildman–Crippen LogP) is 14.1. The van der Waals surface area contributed by atoms with Gasteiger partial charge in [0.15, 0.2) is 0 Å². The smallest absolute Gasteiger partial charge is 0.270 e. The van der Waals surface area contributed by atoms with Crippen LogP contribution in [-0.2, 0) is 14.3 Å². The van der Waals surface area contributed by atoms with Gasteiger partial charge in [-0.25, -0.2) is 39.9 Å². The number of fused-ring (bicyclic) bond motifs is 4. The van der Waals surface area contributed by atoms with Crippen LogP contribution in [-0.4, -0.2) is 298 Å². The summed E-state index contributed by atoms with van der Waals surface area (Å²) in [7, 11) is 9.34. The number of aromatic nitrogens is 16. The van der Waals surface area contributed by atoms with Crippen LogP contribution in [0.15, 0.2) is 225 Å². The SMILES string of the molecule is CC(C)[C@H](C)Oc1ccnc(-c2ccnc(Nc3ccc4[nH]c(C(=O)N5CCN(C)CC5)cc4c3)n2)c1.COc1ccnc(-c2ccnc(Nc3ccc4[nH]c(C(=O)NCCCN(C)C)cc4c3)n2)c1.COc1ccnc(-c2ccnc(Nc3ccc4[nH]c(C(=O)NCCN5CCOCC5)cc4c3)n2)c1.O=C(c1cc2cc(Nc3nccc(-c4ccccn4)n3)ccc2[nH]1)N1CCN(C(=O)[C@H]2CCCO2)CC1. The fourth-order valence-corrected chi connectivity index (χ4v) is 16.3. The lowest BCUT2D eigenvalue weighted by atomic mass is 10.1. The zero-order valence-corrected chi connectivity index (χ0v) is 80.4. The monoisotopic (exact) mass is 1910 g/mol. The molecule has 16 aromatic rings. The number of nitrogens with one attached hydrogen (secondary N) is 10. The molecule has 2 atom stereocenters. The number of carbonyl (C=O) groups excluding carboxylic acids is 5. The number of aromatic amines is 4. The number of nitrogens with zero attached hydrogens (tertiary/aromatic N) is 18. The van der Waals surface area contributed by atoms with Crippen molar-refractivity contribution in [3.05, 3.63) is 248 Å². The van der Waals surface area contributed by atoms with Gasteiger partial charge in [0.25, 0.3) is 29.5 Å². The van der Waals surface area contributed by atoms with Gasteiger partial charge in [0, 0.05) is 226 Å². The van der Waals surface area contributed by atoms with Gasteiger partial charge in [-0.1, -0.05) is 19.9 Å². The summed E-state index contributed by atoms with van der Waals surface area (Å²) in [6, 6.07) is 54.6. The van der Waals surface area contributed by atoms with Crippen molar-refractivity contribution >= 4 is 120 Å². The molecule has 38 heteroatoms. The van der Waals surface area contributed by atoms with E-state index >= 15 is 0 Å². The number of benzene rings is 4. The highest BCUT2D eigenvalue weighted by atomic mass is 16.5. The number of amides is 5. The number of ether oxygens (including phenoxy) is 5.